The van der Waals surface area contributed by atoms with E-state index in [0.717, 1.165) is 50.9 Å². The first-order valence-electron chi connectivity index (χ1n) is 7.56. The minimum atomic E-state index is -0.705. The maximum atomic E-state index is 10.9. The van der Waals surface area contributed by atoms with E-state index >= 15 is 0 Å². The van der Waals surface area contributed by atoms with Gasteiger partial charge in [-0.25, -0.2) is 0 Å². The Bertz CT molecular complexity index is 335. The van der Waals surface area contributed by atoms with Crippen molar-refractivity contribution in [3.63, 3.8) is 0 Å². The fourth-order valence-electron chi connectivity index (χ4n) is 4.18. The van der Waals surface area contributed by atoms with E-state index < -0.39 is 11.0 Å². The molecule has 2 heteroatoms. The minimum Gasteiger partial charge on any atom is -0.388 e. The Hall–Kier alpha value is -0.550. The monoisotopic (exact) mass is 249 g/mol. The summed E-state index contributed by atoms with van der Waals surface area (Å²) in [6.07, 6.45) is 6.75. The molecule has 0 aromatic rings. The van der Waals surface area contributed by atoms with Crippen LogP contribution < -0.4 is 0 Å². The summed E-state index contributed by atoms with van der Waals surface area (Å²) < 4.78 is 0. The van der Waals surface area contributed by atoms with Crippen molar-refractivity contribution < 1.29 is 5.11 Å². The summed E-state index contributed by atoms with van der Waals surface area (Å²) in [5, 5.41) is 20.6. The van der Waals surface area contributed by atoms with Gasteiger partial charge in [-0.2, -0.15) is 5.26 Å². The van der Waals surface area contributed by atoms with E-state index in [-0.39, 0.29) is 0 Å². The van der Waals surface area contributed by atoms with Gasteiger partial charge in [-0.1, -0.05) is 20.8 Å². The topological polar surface area (TPSA) is 44.0 Å². The van der Waals surface area contributed by atoms with Crippen molar-refractivity contribution in [2.75, 3.05) is 0 Å². The van der Waals surface area contributed by atoms with Gasteiger partial charge in [0.15, 0.2) is 0 Å². The van der Waals surface area contributed by atoms with Crippen LogP contribution in [0.25, 0.3) is 0 Å². The third-order valence-corrected chi connectivity index (χ3v) is 5.67. The quantitative estimate of drug-likeness (QED) is 0.806. The molecule has 1 N–H and O–H groups in total. The van der Waals surface area contributed by atoms with Crippen LogP contribution in [0.15, 0.2) is 0 Å². The van der Waals surface area contributed by atoms with Gasteiger partial charge >= 0.3 is 0 Å². The molecule has 0 spiro atoms. The number of rotatable bonds is 2. The highest BCUT2D eigenvalue weighted by Gasteiger charge is 2.54. The van der Waals surface area contributed by atoms with Crippen LogP contribution in [-0.2, 0) is 0 Å². The summed E-state index contributed by atoms with van der Waals surface area (Å²) in [6.45, 7) is 6.75. The van der Waals surface area contributed by atoms with Gasteiger partial charge in [0, 0.05) is 0 Å². The first-order valence-corrected chi connectivity index (χ1v) is 7.56. The molecule has 2 saturated carbocycles. The van der Waals surface area contributed by atoms with Crippen molar-refractivity contribution in [1.82, 2.24) is 0 Å². The van der Waals surface area contributed by atoms with Crippen LogP contribution in [-0.4, -0.2) is 10.7 Å². The van der Waals surface area contributed by atoms with Crippen LogP contribution >= 0.6 is 0 Å². The molecule has 2 rings (SSSR count). The van der Waals surface area contributed by atoms with Gasteiger partial charge in [0.05, 0.1) is 17.1 Å². The number of nitrogens with zero attached hydrogens (tertiary/aromatic N) is 1. The molecule has 102 valence electrons. The number of hydrogen-bond acceptors (Lipinski definition) is 2. The van der Waals surface area contributed by atoms with Crippen molar-refractivity contribution >= 4 is 0 Å². The fraction of sp³-hybridized carbons (Fsp3) is 0.938. The van der Waals surface area contributed by atoms with Gasteiger partial charge in [-0.3, -0.25) is 0 Å². The molecule has 0 aliphatic heterocycles. The number of nitriles is 1. The summed E-state index contributed by atoms with van der Waals surface area (Å²) in [7, 11) is 0. The van der Waals surface area contributed by atoms with E-state index in [1.807, 2.05) is 0 Å². The van der Waals surface area contributed by atoms with Crippen molar-refractivity contribution in [1.29, 1.82) is 5.26 Å². The lowest BCUT2D eigenvalue weighted by Crippen LogP contribution is -2.48. The summed E-state index contributed by atoms with van der Waals surface area (Å²) in [5.41, 5.74) is -1.16. The zero-order valence-electron chi connectivity index (χ0n) is 12.1. The highest BCUT2D eigenvalue weighted by atomic mass is 16.3. The van der Waals surface area contributed by atoms with Crippen LogP contribution in [0.5, 0.6) is 0 Å². The molecular weight excluding hydrogens is 222 g/mol. The SMILES string of the molecule is CC1CCC(O)(C2(C#N)CCC(C(C)C)CC2)C1. The lowest BCUT2D eigenvalue weighted by atomic mass is 9.60. The Kier molecular flexibility index (Phi) is 3.74. The molecule has 0 amide bonds. The smallest absolute Gasteiger partial charge is 0.0860 e. The minimum absolute atomic E-state index is 0.455. The van der Waals surface area contributed by atoms with Gasteiger partial charge in [-0.15, -0.1) is 0 Å². The summed E-state index contributed by atoms with van der Waals surface area (Å²) >= 11 is 0. The Morgan fingerprint density at radius 1 is 1.17 bits per heavy atom. The molecular formula is C16H27NO. The van der Waals surface area contributed by atoms with E-state index in [0.29, 0.717) is 11.8 Å². The lowest BCUT2D eigenvalue weighted by Gasteiger charge is -2.45. The first-order chi connectivity index (χ1) is 8.42. The standard InChI is InChI=1S/C16H27NO/c1-12(2)14-5-7-15(11-17,8-6-14)16(18)9-4-13(3)10-16/h12-14,18H,4-10H2,1-3H3. The van der Waals surface area contributed by atoms with Crippen LogP contribution in [0.3, 0.4) is 0 Å². The van der Waals surface area contributed by atoms with Gasteiger partial charge < -0.3 is 5.11 Å². The van der Waals surface area contributed by atoms with Crippen LogP contribution in [0.4, 0.5) is 0 Å². The Balaban J connectivity index is 2.12. The summed E-state index contributed by atoms with van der Waals surface area (Å²) in [4.78, 5) is 0. The largest absolute Gasteiger partial charge is 0.388 e. The van der Waals surface area contributed by atoms with E-state index in [4.69, 9.17) is 0 Å². The summed E-state index contributed by atoms with van der Waals surface area (Å²) in [6, 6.07) is 2.53. The third-order valence-electron chi connectivity index (χ3n) is 5.67. The molecule has 18 heavy (non-hydrogen) atoms. The average Bonchev–Trinajstić information content (AvgIpc) is 2.70. The number of aliphatic hydroxyl groups is 1. The molecule has 0 aromatic heterocycles. The molecule has 0 heterocycles. The van der Waals surface area contributed by atoms with Crippen LogP contribution in [0, 0.1) is 34.5 Å². The highest BCUT2D eigenvalue weighted by molar-refractivity contribution is 5.15. The van der Waals surface area contributed by atoms with E-state index in [2.05, 4.69) is 26.8 Å². The third kappa shape index (κ3) is 2.18. The predicted molar refractivity (Wildman–Crippen MR) is 72.8 cm³/mol. The van der Waals surface area contributed by atoms with Crippen molar-refractivity contribution in [3.8, 4) is 6.07 Å². The van der Waals surface area contributed by atoms with E-state index in [9.17, 15) is 10.4 Å². The van der Waals surface area contributed by atoms with Crippen LogP contribution in [0.2, 0.25) is 0 Å². The Morgan fingerprint density at radius 2 is 1.78 bits per heavy atom. The van der Waals surface area contributed by atoms with Crippen molar-refractivity contribution in [2.45, 2.75) is 71.3 Å². The van der Waals surface area contributed by atoms with Crippen molar-refractivity contribution in [2.24, 2.45) is 23.2 Å². The zero-order valence-corrected chi connectivity index (χ0v) is 12.1. The van der Waals surface area contributed by atoms with E-state index in [1.54, 1.807) is 0 Å². The lowest BCUT2D eigenvalue weighted by molar-refractivity contribution is -0.0773. The fourth-order valence-corrected chi connectivity index (χ4v) is 4.18. The second-order valence-corrected chi connectivity index (χ2v) is 7.15. The molecule has 0 radical (unpaired) electrons. The van der Waals surface area contributed by atoms with Gasteiger partial charge in [0.25, 0.3) is 0 Å². The molecule has 0 bridgehead atoms. The molecule has 0 aromatic carbocycles. The number of hydrogen-bond donors (Lipinski definition) is 1. The maximum absolute atomic E-state index is 10.9. The zero-order chi connectivity index (χ0) is 13.4. The first kappa shape index (κ1) is 13.9. The molecule has 2 aliphatic rings. The van der Waals surface area contributed by atoms with Gasteiger partial charge in [0.1, 0.15) is 0 Å². The summed E-state index contributed by atoms with van der Waals surface area (Å²) in [5.74, 6) is 2.02. The second kappa shape index (κ2) is 4.85. The molecule has 0 saturated heterocycles. The molecule has 2 atom stereocenters. The van der Waals surface area contributed by atoms with Crippen LogP contribution in [0.1, 0.15) is 65.7 Å². The van der Waals surface area contributed by atoms with E-state index in [1.165, 1.54) is 0 Å². The second-order valence-electron chi connectivity index (χ2n) is 7.15. The maximum Gasteiger partial charge on any atom is 0.0860 e. The van der Waals surface area contributed by atoms with Gasteiger partial charge in [-0.05, 0) is 62.7 Å². The van der Waals surface area contributed by atoms with Crippen molar-refractivity contribution in [3.05, 3.63) is 0 Å². The predicted octanol–water partition coefficient (Wildman–Crippen LogP) is 3.89. The Labute approximate surface area is 111 Å². The molecule has 2 unspecified atom stereocenters. The molecule has 2 fully saturated rings. The average molecular weight is 249 g/mol. The molecule has 2 nitrogen and oxygen atoms in total. The normalized spacial score (nSPS) is 45.1. The highest BCUT2D eigenvalue weighted by Crippen LogP contribution is 2.54. The molecule has 2 aliphatic carbocycles. The Morgan fingerprint density at radius 3 is 2.17 bits per heavy atom. The van der Waals surface area contributed by atoms with Gasteiger partial charge in [0.2, 0.25) is 0 Å².